The van der Waals surface area contributed by atoms with E-state index in [0.29, 0.717) is 22.9 Å². The zero-order chi connectivity index (χ0) is 16.4. The van der Waals surface area contributed by atoms with Gasteiger partial charge in [-0.2, -0.15) is 5.26 Å². The van der Waals surface area contributed by atoms with Crippen LogP contribution in [0.3, 0.4) is 0 Å². The Labute approximate surface area is 132 Å². The molecule has 120 valence electrons. The summed E-state index contributed by atoms with van der Waals surface area (Å²) in [6.45, 7) is 0.698. The zero-order valence-electron chi connectivity index (χ0n) is 12.2. The Hall–Kier alpha value is -2.31. The highest BCUT2D eigenvalue weighted by molar-refractivity contribution is 5.54. The second kappa shape index (κ2) is 6.44. The third kappa shape index (κ3) is 3.38. The van der Waals surface area contributed by atoms with Crippen LogP contribution in [0.4, 0.5) is 0 Å². The molecule has 23 heavy (non-hydrogen) atoms. The molecule has 8 nitrogen and oxygen atoms in total. The SMILES string of the molecule is N#Cc1ccc(-c2nnc(CN3C[C@@H](O)C(O)[C@@H](O)C3)o2)cc1. The maximum Gasteiger partial charge on any atom is 0.247 e. The molecule has 2 aromatic rings. The van der Waals surface area contributed by atoms with Crippen molar-refractivity contribution in [3.05, 3.63) is 35.7 Å². The molecule has 3 N–H and O–H groups in total. The van der Waals surface area contributed by atoms with Crippen LogP contribution in [-0.4, -0.2) is 61.8 Å². The lowest BCUT2D eigenvalue weighted by Crippen LogP contribution is -2.54. The van der Waals surface area contributed by atoms with E-state index in [4.69, 9.17) is 9.68 Å². The van der Waals surface area contributed by atoms with Crippen LogP contribution in [0.25, 0.3) is 11.5 Å². The van der Waals surface area contributed by atoms with E-state index in [0.717, 1.165) is 0 Å². The lowest BCUT2D eigenvalue weighted by Gasteiger charge is -2.36. The van der Waals surface area contributed by atoms with Crippen LogP contribution in [0.2, 0.25) is 0 Å². The van der Waals surface area contributed by atoms with Gasteiger partial charge in [-0.15, -0.1) is 10.2 Å². The topological polar surface area (TPSA) is 127 Å². The van der Waals surface area contributed by atoms with Gasteiger partial charge in [0.15, 0.2) is 0 Å². The van der Waals surface area contributed by atoms with Gasteiger partial charge in [-0.1, -0.05) is 0 Å². The van der Waals surface area contributed by atoms with Crippen molar-refractivity contribution in [2.45, 2.75) is 24.9 Å². The van der Waals surface area contributed by atoms with Gasteiger partial charge < -0.3 is 19.7 Å². The first-order chi connectivity index (χ1) is 11.1. The Balaban J connectivity index is 1.68. The standard InChI is InChI=1S/C15H16N4O4/c16-5-9-1-3-10(4-2-9)15-18-17-13(23-15)8-19-6-11(20)14(22)12(21)7-19/h1-4,11-12,14,20-22H,6-8H2/t11-,12+,14?. The first kappa shape index (κ1) is 15.6. The minimum atomic E-state index is -1.14. The van der Waals surface area contributed by atoms with Gasteiger partial charge in [0.05, 0.1) is 30.4 Å². The van der Waals surface area contributed by atoms with Gasteiger partial charge in [0.1, 0.15) is 6.10 Å². The van der Waals surface area contributed by atoms with Crippen molar-refractivity contribution in [3.63, 3.8) is 0 Å². The molecule has 3 rings (SSSR count). The molecule has 8 heteroatoms. The largest absolute Gasteiger partial charge is 0.419 e. The molecule has 1 unspecified atom stereocenters. The van der Waals surface area contributed by atoms with Gasteiger partial charge in [0.2, 0.25) is 11.8 Å². The van der Waals surface area contributed by atoms with Crippen molar-refractivity contribution < 1.29 is 19.7 Å². The summed E-state index contributed by atoms with van der Waals surface area (Å²) in [6, 6.07) is 8.81. The molecule has 2 heterocycles. The second-order valence-electron chi connectivity index (χ2n) is 5.51. The molecule has 0 saturated carbocycles. The number of hydrogen-bond donors (Lipinski definition) is 3. The highest BCUT2D eigenvalue weighted by Crippen LogP contribution is 2.20. The number of β-amino-alcohol motifs (C(OH)–C–C–N with tert-alkyl or cyclic N) is 2. The van der Waals surface area contributed by atoms with Crippen LogP contribution in [0.5, 0.6) is 0 Å². The van der Waals surface area contributed by atoms with Crippen LogP contribution in [-0.2, 0) is 6.54 Å². The zero-order valence-corrected chi connectivity index (χ0v) is 12.2. The quantitative estimate of drug-likeness (QED) is 0.692. The number of aromatic nitrogens is 2. The highest BCUT2D eigenvalue weighted by Gasteiger charge is 2.33. The Morgan fingerprint density at radius 2 is 1.78 bits per heavy atom. The van der Waals surface area contributed by atoms with Crippen molar-refractivity contribution >= 4 is 0 Å². The molecular weight excluding hydrogens is 300 g/mol. The summed E-state index contributed by atoms with van der Waals surface area (Å²) in [7, 11) is 0. The average Bonchev–Trinajstić information content (AvgIpc) is 3.01. The summed E-state index contributed by atoms with van der Waals surface area (Å²) in [5.74, 6) is 0.683. The van der Waals surface area contributed by atoms with Gasteiger partial charge in [-0.25, -0.2) is 0 Å². The third-order valence-electron chi connectivity index (χ3n) is 3.77. The second-order valence-corrected chi connectivity index (χ2v) is 5.51. The number of benzene rings is 1. The van der Waals surface area contributed by atoms with Crippen LogP contribution >= 0.6 is 0 Å². The summed E-state index contributed by atoms with van der Waals surface area (Å²) in [6.07, 6.45) is -3.16. The number of rotatable bonds is 3. The van der Waals surface area contributed by atoms with E-state index in [1.165, 1.54) is 0 Å². The molecule has 1 aromatic heterocycles. The molecular formula is C15H16N4O4. The van der Waals surface area contributed by atoms with E-state index in [-0.39, 0.29) is 19.6 Å². The van der Waals surface area contributed by atoms with E-state index < -0.39 is 18.3 Å². The molecule has 3 atom stereocenters. The van der Waals surface area contributed by atoms with E-state index in [1.807, 2.05) is 6.07 Å². The molecule has 1 aliphatic rings. The van der Waals surface area contributed by atoms with Gasteiger partial charge in [-0.3, -0.25) is 4.90 Å². The van der Waals surface area contributed by atoms with Crippen LogP contribution in [0.15, 0.2) is 28.7 Å². The number of likely N-dealkylation sites (tertiary alicyclic amines) is 1. The monoisotopic (exact) mass is 316 g/mol. The summed E-state index contributed by atoms with van der Waals surface area (Å²) in [5.41, 5.74) is 1.25. The minimum Gasteiger partial charge on any atom is -0.419 e. The van der Waals surface area contributed by atoms with Gasteiger partial charge in [-0.05, 0) is 24.3 Å². The number of hydrogen-bond acceptors (Lipinski definition) is 8. The Kier molecular flexibility index (Phi) is 4.36. The predicted octanol–water partition coefficient (Wildman–Crippen LogP) is -0.493. The van der Waals surface area contributed by atoms with E-state index in [2.05, 4.69) is 10.2 Å². The summed E-state index contributed by atoms with van der Waals surface area (Å²) in [5, 5.41) is 45.6. The van der Waals surface area contributed by atoms with Crippen LogP contribution in [0.1, 0.15) is 11.5 Å². The van der Waals surface area contributed by atoms with Crippen molar-refractivity contribution in [1.29, 1.82) is 5.26 Å². The van der Waals surface area contributed by atoms with Gasteiger partial charge >= 0.3 is 0 Å². The van der Waals surface area contributed by atoms with Gasteiger partial charge in [0.25, 0.3) is 0 Å². The highest BCUT2D eigenvalue weighted by atomic mass is 16.4. The van der Waals surface area contributed by atoms with Crippen molar-refractivity contribution in [2.24, 2.45) is 0 Å². The smallest absolute Gasteiger partial charge is 0.247 e. The fourth-order valence-electron chi connectivity index (χ4n) is 2.52. The van der Waals surface area contributed by atoms with Crippen molar-refractivity contribution in [2.75, 3.05) is 13.1 Å². The molecule has 1 aromatic carbocycles. The maximum absolute atomic E-state index is 9.68. The predicted molar refractivity (Wildman–Crippen MR) is 77.7 cm³/mol. The van der Waals surface area contributed by atoms with Crippen molar-refractivity contribution in [3.8, 4) is 17.5 Å². The first-order valence-corrected chi connectivity index (χ1v) is 7.16. The van der Waals surface area contributed by atoms with Gasteiger partial charge in [0, 0.05) is 18.7 Å². The molecule has 1 saturated heterocycles. The summed E-state index contributed by atoms with van der Waals surface area (Å²) < 4.78 is 5.57. The third-order valence-corrected chi connectivity index (χ3v) is 3.77. The van der Waals surface area contributed by atoms with Crippen LogP contribution in [0, 0.1) is 11.3 Å². The molecule has 0 bridgehead atoms. The van der Waals surface area contributed by atoms with Crippen LogP contribution < -0.4 is 0 Å². The number of nitriles is 1. The lowest BCUT2D eigenvalue weighted by molar-refractivity contribution is -0.112. The minimum absolute atomic E-state index is 0.215. The number of aliphatic hydroxyl groups is 3. The average molecular weight is 316 g/mol. The Bertz CT molecular complexity index is 697. The molecule has 0 radical (unpaired) electrons. The Morgan fingerprint density at radius 3 is 2.39 bits per heavy atom. The number of aliphatic hydroxyl groups excluding tert-OH is 3. The molecule has 0 aliphatic carbocycles. The molecule has 0 spiro atoms. The van der Waals surface area contributed by atoms with E-state index >= 15 is 0 Å². The van der Waals surface area contributed by atoms with Crippen molar-refractivity contribution in [1.82, 2.24) is 15.1 Å². The summed E-state index contributed by atoms with van der Waals surface area (Å²) >= 11 is 0. The molecule has 1 fully saturated rings. The molecule has 1 aliphatic heterocycles. The number of nitrogens with zero attached hydrogens (tertiary/aromatic N) is 4. The Morgan fingerprint density at radius 1 is 1.13 bits per heavy atom. The maximum atomic E-state index is 9.68. The fraction of sp³-hybridized carbons (Fsp3) is 0.400. The van der Waals surface area contributed by atoms with E-state index in [9.17, 15) is 15.3 Å². The lowest BCUT2D eigenvalue weighted by atomic mass is 10.0. The fourth-order valence-corrected chi connectivity index (χ4v) is 2.52. The molecule has 0 amide bonds. The number of piperidine rings is 1. The first-order valence-electron chi connectivity index (χ1n) is 7.16. The van der Waals surface area contributed by atoms with E-state index in [1.54, 1.807) is 29.2 Å². The summed E-state index contributed by atoms with van der Waals surface area (Å²) in [4.78, 5) is 1.73. The normalized spacial score (nSPS) is 25.2.